The van der Waals surface area contributed by atoms with Crippen molar-refractivity contribution >= 4 is 0 Å². The molecule has 10 heavy (non-hydrogen) atoms. The Kier molecular flexibility index (Phi) is 1.38. The minimum Gasteiger partial charge on any atom is -0.392 e. The van der Waals surface area contributed by atoms with Crippen LogP contribution in [-0.2, 0) is 0 Å². The Bertz CT molecular complexity index is 191. The first-order valence-electron chi connectivity index (χ1n) is 3.88. The lowest BCUT2D eigenvalue weighted by atomic mass is 9.95. The molecule has 1 nitrogen and oxygen atoms in total. The van der Waals surface area contributed by atoms with Crippen molar-refractivity contribution in [1.29, 1.82) is 0 Å². The van der Waals surface area contributed by atoms with Gasteiger partial charge < -0.3 is 5.11 Å². The lowest BCUT2D eigenvalue weighted by molar-refractivity contribution is 0.316. The van der Waals surface area contributed by atoms with E-state index < -0.39 is 0 Å². The van der Waals surface area contributed by atoms with E-state index in [0.29, 0.717) is 5.92 Å². The summed E-state index contributed by atoms with van der Waals surface area (Å²) >= 11 is 0. The molecule has 2 rings (SSSR count). The molecule has 2 atom stereocenters. The number of hydrogen-bond acceptors (Lipinski definition) is 1. The van der Waals surface area contributed by atoms with Gasteiger partial charge in [0, 0.05) is 5.92 Å². The van der Waals surface area contributed by atoms with Crippen molar-refractivity contribution in [2.75, 3.05) is 6.61 Å². The van der Waals surface area contributed by atoms with Gasteiger partial charge in [-0.3, -0.25) is 0 Å². The van der Waals surface area contributed by atoms with Crippen LogP contribution in [0.15, 0.2) is 23.8 Å². The van der Waals surface area contributed by atoms with Crippen molar-refractivity contribution in [3.8, 4) is 0 Å². The van der Waals surface area contributed by atoms with Gasteiger partial charge in [-0.25, -0.2) is 0 Å². The molecular weight excluding hydrogens is 124 g/mol. The van der Waals surface area contributed by atoms with E-state index in [1.807, 2.05) is 0 Å². The third-order valence-corrected chi connectivity index (χ3v) is 2.58. The Balaban J connectivity index is 2.17. The fourth-order valence-corrected chi connectivity index (χ4v) is 1.98. The minimum absolute atomic E-state index is 0.255. The molecular formula is C9H12O. The number of hydrogen-bond donors (Lipinski definition) is 1. The van der Waals surface area contributed by atoms with Crippen molar-refractivity contribution in [1.82, 2.24) is 0 Å². The normalized spacial score (nSPS) is 36.3. The van der Waals surface area contributed by atoms with Gasteiger partial charge in [-0.2, -0.15) is 0 Å². The van der Waals surface area contributed by atoms with Gasteiger partial charge in [0.15, 0.2) is 0 Å². The molecule has 1 N–H and O–H groups in total. The van der Waals surface area contributed by atoms with E-state index in [2.05, 4.69) is 18.2 Å². The topological polar surface area (TPSA) is 20.2 Å². The molecule has 0 radical (unpaired) electrons. The second kappa shape index (κ2) is 2.24. The van der Waals surface area contributed by atoms with Crippen molar-refractivity contribution in [2.24, 2.45) is 11.8 Å². The van der Waals surface area contributed by atoms with Crippen LogP contribution in [0.25, 0.3) is 0 Å². The first kappa shape index (κ1) is 6.17. The van der Waals surface area contributed by atoms with Gasteiger partial charge in [0.2, 0.25) is 0 Å². The largest absolute Gasteiger partial charge is 0.392 e. The fraction of sp³-hybridized carbons (Fsp3) is 0.556. The number of allylic oxidation sites excluding steroid dienone is 3. The number of aliphatic hydroxyl groups is 1. The fourth-order valence-electron chi connectivity index (χ4n) is 1.98. The van der Waals surface area contributed by atoms with Gasteiger partial charge >= 0.3 is 0 Å². The van der Waals surface area contributed by atoms with Crippen molar-refractivity contribution in [2.45, 2.75) is 12.8 Å². The highest BCUT2D eigenvalue weighted by Gasteiger charge is 2.29. The predicted molar refractivity (Wildman–Crippen MR) is 40.5 cm³/mol. The molecule has 0 spiro atoms. The van der Waals surface area contributed by atoms with E-state index >= 15 is 0 Å². The summed E-state index contributed by atoms with van der Waals surface area (Å²) in [6.07, 6.45) is 9.05. The first-order valence-corrected chi connectivity index (χ1v) is 3.88. The highest BCUT2D eigenvalue weighted by atomic mass is 16.3. The van der Waals surface area contributed by atoms with Crippen molar-refractivity contribution in [3.05, 3.63) is 23.8 Å². The van der Waals surface area contributed by atoms with Crippen molar-refractivity contribution in [3.63, 3.8) is 0 Å². The molecule has 0 amide bonds. The lowest BCUT2D eigenvalue weighted by Crippen LogP contribution is -2.05. The second-order valence-corrected chi connectivity index (χ2v) is 3.12. The van der Waals surface area contributed by atoms with Gasteiger partial charge in [-0.05, 0) is 24.3 Å². The number of aliphatic hydroxyl groups excluding tert-OH is 1. The van der Waals surface area contributed by atoms with E-state index in [1.54, 1.807) is 0 Å². The Morgan fingerprint density at radius 1 is 1.50 bits per heavy atom. The van der Waals surface area contributed by atoms with Gasteiger partial charge in [0.25, 0.3) is 0 Å². The molecule has 1 heteroatoms. The van der Waals surface area contributed by atoms with Crippen LogP contribution in [0.5, 0.6) is 0 Å². The highest BCUT2D eigenvalue weighted by Crippen LogP contribution is 2.39. The molecule has 0 unspecified atom stereocenters. The predicted octanol–water partition coefficient (Wildman–Crippen LogP) is 1.50. The zero-order chi connectivity index (χ0) is 6.97. The Morgan fingerprint density at radius 2 is 2.40 bits per heavy atom. The molecule has 0 aliphatic heterocycles. The van der Waals surface area contributed by atoms with Crippen molar-refractivity contribution < 1.29 is 5.11 Å². The maximum Gasteiger partial charge on any atom is 0.0647 e. The Labute approximate surface area is 61.1 Å². The van der Waals surface area contributed by atoms with Crippen LogP contribution in [0, 0.1) is 11.8 Å². The second-order valence-electron chi connectivity index (χ2n) is 3.12. The highest BCUT2D eigenvalue weighted by molar-refractivity contribution is 5.25. The van der Waals surface area contributed by atoms with Gasteiger partial charge in [-0.15, -0.1) is 0 Å². The average molecular weight is 136 g/mol. The molecule has 0 aromatic rings. The summed E-state index contributed by atoms with van der Waals surface area (Å²) in [6, 6.07) is 0. The van der Waals surface area contributed by atoms with Crippen LogP contribution in [0.2, 0.25) is 0 Å². The maximum atomic E-state index is 8.91. The number of fused-ring (bicyclic) bond motifs is 1. The van der Waals surface area contributed by atoms with E-state index in [0.717, 1.165) is 5.92 Å². The first-order chi connectivity index (χ1) is 4.92. The summed E-state index contributed by atoms with van der Waals surface area (Å²) in [5.41, 5.74) is 1.23. The maximum absolute atomic E-state index is 8.91. The summed E-state index contributed by atoms with van der Waals surface area (Å²) in [5, 5.41) is 8.91. The molecule has 54 valence electrons. The zero-order valence-electron chi connectivity index (χ0n) is 5.96. The third kappa shape index (κ3) is 0.739. The molecule has 0 heterocycles. The van der Waals surface area contributed by atoms with E-state index in [9.17, 15) is 0 Å². The summed E-state index contributed by atoms with van der Waals surface area (Å²) in [6.45, 7) is 0.255. The molecule has 0 aromatic carbocycles. The summed E-state index contributed by atoms with van der Waals surface area (Å²) in [7, 11) is 0. The summed E-state index contributed by atoms with van der Waals surface area (Å²) in [5.74, 6) is 1.38. The number of rotatable bonds is 1. The van der Waals surface area contributed by atoms with E-state index in [1.165, 1.54) is 18.4 Å². The molecule has 0 bridgehead atoms. The zero-order valence-corrected chi connectivity index (χ0v) is 5.96. The molecule has 2 aliphatic rings. The van der Waals surface area contributed by atoms with Gasteiger partial charge in [-0.1, -0.05) is 18.2 Å². The summed E-state index contributed by atoms with van der Waals surface area (Å²) in [4.78, 5) is 0. The van der Waals surface area contributed by atoms with E-state index in [4.69, 9.17) is 5.11 Å². The molecule has 0 saturated carbocycles. The van der Waals surface area contributed by atoms with Crippen LogP contribution >= 0.6 is 0 Å². The smallest absolute Gasteiger partial charge is 0.0647 e. The Hall–Kier alpha value is -0.560. The standard InChI is InChI=1S/C9H12O/c10-6-8-5-4-7-2-1-3-9(7)8/h1,3,5,7,9-10H,2,4,6H2/t7-,9-/m1/s1. The molecule has 0 saturated heterocycles. The molecule has 2 aliphatic carbocycles. The van der Waals surface area contributed by atoms with Crippen LogP contribution in [0.4, 0.5) is 0 Å². The van der Waals surface area contributed by atoms with Crippen LogP contribution in [0.1, 0.15) is 12.8 Å². The third-order valence-electron chi connectivity index (χ3n) is 2.58. The van der Waals surface area contributed by atoms with Gasteiger partial charge in [0.1, 0.15) is 0 Å². The van der Waals surface area contributed by atoms with E-state index in [-0.39, 0.29) is 6.61 Å². The van der Waals surface area contributed by atoms with Crippen LogP contribution in [-0.4, -0.2) is 11.7 Å². The quantitative estimate of drug-likeness (QED) is 0.542. The van der Waals surface area contributed by atoms with Crippen LogP contribution < -0.4 is 0 Å². The SMILES string of the molecule is OCC1=CC[C@H]2CC=C[C@@H]12. The lowest BCUT2D eigenvalue weighted by Gasteiger charge is -2.10. The average Bonchev–Trinajstić information content (AvgIpc) is 2.44. The van der Waals surface area contributed by atoms with Crippen LogP contribution in [0.3, 0.4) is 0 Å². The summed E-state index contributed by atoms with van der Waals surface area (Å²) < 4.78 is 0. The monoisotopic (exact) mass is 136 g/mol. The molecule has 0 fully saturated rings. The van der Waals surface area contributed by atoms with Gasteiger partial charge in [0.05, 0.1) is 6.61 Å². The minimum atomic E-state index is 0.255. The Morgan fingerprint density at radius 3 is 3.20 bits per heavy atom. The molecule has 0 aromatic heterocycles.